The Morgan fingerprint density at radius 2 is 2.09 bits per heavy atom. The predicted octanol–water partition coefficient (Wildman–Crippen LogP) is 2.49. The summed E-state index contributed by atoms with van der Waals surface area (Å²) in [5.41, 5.74) is 5.43. The topological polar surface area (TPSA) is 83.5 Å². The summed E-state index contributed by atoms with van der Waals surface area (Å²) in [7, 11) is 0. The van der Waals surface area contributed by atoms with Gasteiger partial charge < -0.3 is 5.32 Å². The predicted molar refractivity (Wildman–Crippen MR) is 91.7 cm³/mol. The van der Waals surface area contributed by atoms with E-state index in [-0.39, 0.29) is 18.2 Å². The number of carbonyl (C=O) groups excluding carboxylic acids is 2. The molecule has 2 N–H and O–H groups in total. The number of aryl methyl sites for hydroxylation is 1. The Hall–Kier alpha value is -2.54. The fourth-order valence-electron chi connectivity index (χ4n) is 1.93. The molecule has 2 aromatic rings. The number of hydrogen-bond donors (Lipinski definition) is 2. The molecule has 0 radical (unpaired) electrons. The molecule has 0 saturated carbocycles. The minimum absolute atomic E-state index is 0.136. The smallest absolute Gasteiger partial charge is 0.246 e. The van der Waals surface area contributed by atoms with Crippen molar-refractivity contribution in [2.45, 2.75) is 27.2 Å². The Morgan fingerprint density at radius 3 is 2.74 bits per heavy atom. The van der Waals surface area contributed by atoms with Gasteiger partial charge in [0.05, 0.1) is 22.8 Å². The standard InChI is InChI=1S/C16H18N4O2S/c1-10(13-5-4-6-14(7-13)17-11(2)21)19-20-16(22)8-15-9-23-12(3)18-15/h4-7,9H,8H2,1-3H3,(H,17,21)(H,20,22)/b19-10-. The van der Waals surface area contributed by atoms with E-state index in [0.29, 0.717) is 11.4 Å². The Kier molecular flexibility index (Phi) is 5.59. The zero-order valence-electron chi connectivity index (χ0n) is 13.2. The van der Waals surface area contributed by atoms with Crippen molar-refractivity contribution >= 4 is 34.6 Å². The summed E-state index contributed by atoms with van der Waals surface area (Å²) in [4.78, 5) is 27.2. The van der Waals surface area contributed by atoms with Crippen molar-refractivity contribution in [2.24, 2.45) is 5.10 Å². The molecular weight excluding hydrogens is 312 g/mol. The van der Waals surface area contributed by atoms with E-state index in [1.807, 2.05) is 24.4 Å². The van der Waals surface area contributed by atoms with Gasteiger partial charge in [0, 0.05) is 18.0 Å². The average molecular weight is 330 g/mol. The van der Waals surface area contributed by atoms with E-state index in [9.17, 15) is 9.59 Å². The second kappa shape index (κ2) is 7.64. The first-order valence-electron chi connectivity index (χ1n) is 7.06. The van der Waals surface area contributed by atoms with Crippen LogP contribution in [0.15, 0.2) is 34.7 Å². The van der Waals surface area contributed by atoms with Crippen molar-refractivity contribution < 1.29 is 9.59 Å². The normalized spacial score (nSPS) is 11.2. The van der Waals surface area contributed by atoms with Crippen LogP contribution in [0.3, 0.4) is 0 Å². The third-order valence-electron chi connectivity index (χ3n) is 2.96. The first-order valence-corrected chi connectivity index (χ1v) is 7.94. The zero-order valence-corrected chi connectivity index (χ0v) is 14.0. The highest BCUT2D eigenvalue weighted by atomic mass is 32.1. The molecule has 0 saturated heterocycles. The SMILES string of the molecule is CC(=O)Nc1cccc(/C(C)=N\NC(=O)Cc2csc(C)n2)c1. The van der Waals surface area contributed by atoms with Gasteiger partial charge in [0.1, 0.15) is 0 Å². The first-order chi connectivity index (χ1) is 10.9. The molecule has 0 bridgehead atoms. The Balaban J connectivity index is 1.99. The maximum atomic E-state index is 11.9. The van der Waals surface area contributed by atoms with Gasteiger partial charge in [-0.1, -0.05) is 12.1 Å². The van der Waals surface area contributed by atoms with E-state index >= 15 is 0 Å². The number of hydrogen-bond acceptors (Lipinski definition) is 5. The summed E-state index contributed by atoms with van der Waals surface area (Å²) >= 11 is 1.51. The van der Waals surface area contributed by atoms with Crippen LogP contribution in [0.4, 0.5) is 5.69 Å². The van der Waals surface area contributed by atoms with Crippen LogP contribution in [0.5, 0.6) is 0 Å². The number of hydrazone groups is 1. The second-order valence-electron chi connectivity index (χ2n) is 5.03. The molecule has 7 heteroatoms. The lowest BCUT2D eigenvalue weighted by atomic mass is 10.1. The number of nitrogens with zero attached hydrogens (tertiary/aromatic N) is 2. The highest BCUT2D eigenvalue weighted by Gasteiger charge is 2.06. The van der Waals surface area contributed by atoms with Crippen LogP contribution in [-0.4, -0.2) is 22.5 Å². The number of nitrogens with one attached hydrogen (secondary N) is 2. The van der Waals surface area contributed by atoms with Crippen molar-refractivity contribution in [1.29, 1.82) is 0 Å². The van der Waals surface area contributed by atoms with Crippen LogP contribution in [0.1, 0.15) is 30.1 Å². The molecule has 2 rings (SSSR count). The van der Waals surface area contributed by atoms with E-state index in [4.69, 9.17) is 0 Å². The molecule has 0 fully saturated rings. The van der Waals surface area contributed by atoms with Crippen LogP contribution >= 0.6 is 11.3 Å². The van der Waals surface area contributed by atoms with Crippen LogP contribution < -0.4 is 10.7 Å². The number of thiazole rings is 1. The van der Waals surface area contributed by atoms with E-state index in [2.05, 4.69) is 20.8 Å². The van der Waals surface area contributed by atoms with Gasteiger partial charge in [-0.15, -0.1) is 11.3 Å². The maximum Gasteiger partial charge on any atom is 0.246 e. The molecule has 23 heavy (non-hydrogen) atoms. The fraction of sp³-hybridized carbons (Fsp3) is 0.250. The molecule has 0 aliphatic heterocycles. The molecule has 2 amide bonds. The number of rotatable bonds is 5. The number of anilines is 1. The molecule has 0 unspecified atom stereocenters. The Labute approximate surface area is 138 Å². The molecule has 1 heterocycles. The minimum Gasteiger partial charge on any atom is -0.326 e. The molecule has 1 aromatic carbocycles. The van der Waals surface area contributed by atoms with Gasteiger partial charge in [-0.2, -0.15) is 5.10 Å². The summed E-state index contributed by atoms with van der Waals surface area (Å²) in [6, 6.07) is 7.27. The monoisotopic (exact) mass is 330 g/mol. The molecule has 1 aromatic heterocycles. The number of amides is 2. The van der Waals surface area contributed by atoms with Gasteiger partial charge in [-0.05, 0) is 31.5 Å². The van der Waals surface area contributed by atoms with Crippen molar-refractivity contribution in [3.63, 3.8) is 0 Å². The number of benzene rings is 1. The summed E-state index contributed by atoms with van der Waals surface area (Å²) in [5.74, 6) is -0.351. The molecule has 0 spiro atoms. The van der Waals surface area contributed by atoms with E-state index in [1.54, 1.807) is 19.1 Å². The average Bonchev–Trinajstić information content (AvgIpc) is 2.89. The van der Waals surface area contributed by atoms with Crippen molar-refractivity contribution in [1.82, 2.24) is 10.4 Å². The quantitative estimate of drug-likeness (QED) is 0.652. The van der Waals surface area contributed by atoms with E-state index in [0.717, 1.165) is 16.3 Å². The third-order valence-corrected chi connectivity index (χ3v) is 3.78. The molecular formula is C16H18N4O2S. The van der Waals surface area contributed by atoms with Crippen LogP contribution in [-0.2, 0) is 16.0 Å². The van der Waals surface area contributed by atoms with Gasteiger partial charge in [0.15, 0.2) is 0 Å². The molecule has 6 nitrogen and oxygen atoms in total. The highest BCUT2D eigenvalue weighted by Crippen LogP contribution is 2.11. The van der Waals surface area contributed by atoms with Gasteiger partial charge in [0.25, 0.3) is 0 Å². The van der Waals surface area contributed by atoms with Gasteiger partial charge in [-0.25, -0.2) is 10.4 Å². The summed E-state index contributed by atoms with van der Waals surface area (Å²) in [6.07, 6.45) is 0.201. The van der Waals surface area contributed by atoms with Crippen molar-refractivity contribution in [2.75, 3.05) is 5.32 Å². The van der Waals surface area contributed by atoms with Crippen molar-refractivity contribution in [3.8, 4) is 0 Å². The maximum absolute atomic E-state index is 11.9. The third kappa shape index (κ3) is 5.30. The van der Waals surface area contributed by atoms with E-state index < -0.39 is 0 Å². The number of carbonyl (C=O) groups is 2. The van der Waals surface area contributed by atoms with Gasteiger partial charge in [0.2, 0.25) is 11.8 Å². The summed E-state index contributed by atoms with van der Waals surface area (Å²) in [6.45, 7) is 5.14. The lowest BCUT2D eigenvalue weighted by Crippen LogP contribution is -2.21. The van der Waals surface area contributed by atoms with Crippen LogP contribution in [0.25, 0.3) is 0 Å². The van der Waals surface area contributed by atoms with Crippen LogP contribution in [0, 0.1) is 6.92 Å². The molecule has 120 valence electrons. The van der Waals surface area contributed by atoms with Gasteiger partial charge in [-0.3, -0.25) is 9.59 Å². The fourth-order valence-corrected chi connectivity index (χ4v) is 2.54. The second-order valence-corrected chi connectivity index (χ2v) is 6.09. The van der Waals surface area contributed by atoms with Gasteiger partial charge >= 0.3 is 0 Å². The molecule has 0 atom stereocenters. The largest absolute Gasteiger partial charge is 0.326 e. The number of aromatic nitrogens is 1. The molecule has 0 aliphatic carbocycles. The van der Waals surface area contributed by atoms with E-state index in [1.165, 1.54) is 18.3 Å². The minimum atomic E-state index is -0.215. The van der Waals surface area contributed by atoms with Crippen molar-refractivity contribution in [3.05, 3.63) is 45.9 Å². The highest BCUT2D eigenvalue weighted by molar-refractivity contribution is 7.09. The lowest BCUT2D eigenvalue weighted by Gasteiger charge is -2.06. The Morgan fingerprint density at radius 1 is 1.30 bits per heavy atom. The summed E-state index contributed by atoms with van der Waals surface area (Å²) in [5, 5.41) is 9.61. The Bertz CT molecular complexity index is 752. The first kappa shape index (κ1) is 16.8. The molecule has 0 aliphatic rings. The summed E-state index contributed by atoms with van der Waals surface area (Å²) < 4.78 is 0. The lowest BCUT2D eigenvalue weighted by molar-refractivity contribution is -0.120. The van der Waals surface area contributed by atoms with Crippen LogP contribution in [0.2, 0.25) is 0 Å². The zero-order chi connectivity index (χ0) is 16.8.